The van der Waals surface area contributed by atoms with E-state index in [1.807, 2.05) is 31.2 Å². The summed E-state index contributed by atoms with van der Waals surface area (Å²) in [4.78, 5) is 11.6. The molecule has 1 aliphatic carbocycles. The summed E-state index contributed by atoms with van der Waals surface area (Å²) in [7, 11) is 5.67. The number of hydrogen-bond donors (Lipinski definition) is 0. The minimum Gasteiger partial charge on any atom is -0.466 e. The smallest absolute Gasteiger partial charge is 0.309 e. The summed E-state index contributed by atoms with van der Waals surface area (Å²) >= 11 is 0. The number of carbonyl (C=O) groups is 1. The van der Waals surface area contributed by atoms with Gasteiger partial charge in [0.25, 0.3) is 0 Å². The molecule has 92 valence electrons. The predicted molar refractivity (Wildman–Crippen MR) is 73.8 cm³/mol. The second kappa shape index (κ2) is 5.90. The molecule has 0 saturated carbocycles. The number of allylic oxidation sites excluding steroid dienone is 2. The monoisotopic (exact) mass is 240 g/mol. The molecule has 0 spiro atoms. The fourth-order valence-corrected chi connectivity index (χ4v) is 2.27. The van der Waals surface area contributed by atoms with Gasteiger partial charge in [0.1, 0.15) is 7.85 Å². The van der Waals surface area contributed by atoms with Crippen molar-refractivity contribution in [2.24, 2.45) is 5.92 Å². The van der Waals surface area contributed by atoms with Gasteiger partial charge in [-0.3, -0.25) is 4.79 Å². The zero-order chi connectivity index (χ0) is 13.0. The van der Waals surface area contributed by atoms with Crippen LogP contribution < -0.4 is 5.46 Å². The average molecular weight is 240 g/mol. The molecule has 1 aromatic carbocycles. The highest BCUT2D eigenvalue weighted by atomic mass is 16.5. The number of carbonyl (C=O) groups excluding carboxylic acids is 1. The van der Waals surface area contributed by atoms with Gasteiger partial charge in [-0.1, -0.05) is 35.8 Å². The number of benzene rings is 1. The third-order valence-electron chi connectivity index (χ3n) is 3.31. The zero-order valence-electron chi connectivity index (χ0n) is 10.7. The molecule has 0 aromatic heterocycles. The van der Waals surface area contributed by atoms with Crippen LogP contribution >= 0.6 is 0 Å². The van der Waals surface area contributed by atoms with Crippen molar-refractivity contribution in [1.29, 1.82) is 0 Å². The van der Waals surface area contributed by atoms with Gasteiger partial charge < -0.3 is 4.74 Å². The Bertz CT molecular complexity index is 448. The average Bonchev–Trinajstić information content (AvgIpc) is 2.40. The van der Waals surface area contributed by atoms with Crippen LogP contribution in [0.5, 0.6) is 0 Å². The molecule has 18 heavy (non-hydrogen) atoms. The highest BCUT2D eigenvalue weighted by molar-refractivity contribution is 6.32. The minimum absolute atomic E-state index is 0.0301. The van der Waals surface area contributed by atoms with Crippen molar-refractivity contribution >= 4 is 24.9 Å². The summed E-state index contributed by atoms with van der Waals surface area (Å²) in [5.41, 5.74) is 3.28. The van der Waals surface area contributed by atoms with Gasteiger partial charge in [0.2, 0.25) is 0 Å². The third kappa shape index (κ3) is 3.03. The van der Waals surface area contributed by atoms with Crippen LogP contribution in [0.2, 0.25) is 0 Å². The quantitative estimate of drug-likeness (QED) is 0.598. The van der Waals surface area contributed by atoms with Gasteiger partial charge in [-0.05, 0) is 37.3 Å². The lowest BCUT2D eigenvalue weighted by atomic mass is 9.85. The van der Waals surface area contributed by atoms with Crippen molar-refractivity contribution in [3.8, 4) is 0 Å². The van der Waals surface area contributed by atoms with E-state index in [4.69, 9.17) is 12.6 Å². The molecule has 0 heterocycles. The molecule has 2 radical (unpaired) electrons. The fraction of sp³-hybridized carbons (Fsp3) is 0.400. The molecule has 1 unspecified atom stereocenters. The van der Waals surface area contributed by atoms with E-state index in [2.05, 4.69) is 6.08 Å². The number of hydrogen-bond acceptors (Lipinski definition) is 2. The third-order valence-corrected chi connectivity index (χ3v) is 3.31. The van der Waals surface area contributed by atoms with Crippen LogP contribution in [0.3, 0.4) is 0 Å². The summed E-state index contributed by atoms with van der Waals surface area (Å²) in [6, 6.07) is 7.89. The first-order valence-corrected chi connectivity index (χ1v) is 6.42. The number of esters is 1. The molecular formula is C15H17BO2. The van der Waals surface area contributed by atoms with Crippen LogP contribution in [-0.2, 0) is 9.53 Å². The summed E-state index contributed by atoms with van der Waals surface area (Å²) in [5, 5.41) is 0. The van der Waals surface area contributed by atoms with E-state index in [1.165, 1.54) is 11.1 Å². The topological polar surface area (TPSA) is 26.3 Å². The standard InChI is InChI=1S/C15H17BO2/c1-2-18-15(17)13-5-3-11(4-6-13)12-7-9-14(16)10-8-12/h3,7-10,13H,2,4-6H2,1H3. The molecule has 0 aliphatic heterocycles. The molecular weight excluding hydrogens is 223 g/mol. The maximum Gasteiger partial charge on any atom is 0.309 e. The van der Waals surface area contributed by atoms with Gasteiger partial charge in [0.15, 0.2) is 0 Å². The maximum atomic E-state index is 11.6. The van der Waals surface area contributed by atoms with Gasteiger partial charge >= 0.3 is 5.97 Å². The fourth-order valence-electron chi connectivity index (χ4n) is 2.27. The van der Waals surface area contributed by atoms with Crippen LogP contribution in [0.1, 0.15) is 31.7 Å². The Morgan fingerprint density at radius 3 is 2.67 bits per heavy atom. The Morgan fingerprint density at radius 1 is 1.39 bits per heavy atom. The summed E-state index contributed by atoms with van der Waals surface area (Å²) in [6.45, 7) is 2.31. The second-order valence-electron chi connectivity index (χ2n) is 4.57. The first-order valence-electron chi connectivity index (χ1n) is 6.42. The van der Waals surface area contributed by atoms with E-state index < -0.39 is 0 Å². The molecule has 0 bridgehead atoms. The Kier molecular flexibility index (Phi) is 4.24. The molecule has 1 atom stereocenters. The van der Waals surface area contributed by atoms with Crippen LogP contribution in [0.25, 0.3) is 5.57 Å². The molecule has 1 aliphatic rings. The molecule has 0 N–H and O–H groups in total. The molecule has 0 saturated heterocycles. The second-order valence-corrected chi connectivity index (χ2v) is 4.57. The highest BCUT2D eigenvalue weighted by Gasteiger charge is 2.22. The van der Waals surface area contributed by atoms with E-state index in [0.29, 0.717) is 6.61 Å². The van der Waals surface area contributed by atoms with Crippen molar-refractivity contribution in [3.05, 3.63) is 35.9 Å². The zero-order valence-corrected chi connectivity index (χ0v) is 10.7. The highest BCUT2D eigenvalue weighted by Crippen LogP contribution is 2.30. The van der Waals surface area contributed by atoms with Crippen LogP contribution in [0.4, 0.5) is 0 Å². The SMILES string of the molecule is [B]c1ccc(C2=CCC(C(=O)OCC)CC2)cc1. The van der Waals surface area contributed by atoms with Gasteiger partial charge in [0.05, 0.1) is 12.5 Å². The summed E-state index contributed by atoms with van der Waals surface area (Å²) in [6.07, 6.45) is 4.72. The Morgan fingerprint density at radius 2 is 2.11 bits per heavy atom. The van der Waals surface area contributed by atoms with E-state index >= 15 is 0 Å². The summed E-state index contributed by atoms with van der Waals surface area (Å²) in [5.74, 6) is -0.0346. The van der Waals surface area contributed by atoms with Crippen LogP contribution in [0.15, 0.2) is 30.3 Å². The van der Waals surface area contributed by atoms with Crippen molar-refractivity contribution in [1.82, 2.24) is 0 Å². The first kappa shape index (κ1) is 12.9. The first-order chi connectivity index (χ1) is 8.70. The summed E-state index contributed by atoms with van der Waals surface area (Å²) < 4.78 is 5.05. The lowest BCUT2D eigenvalue weighted by Gasteiger charge is -2.20. The van der Waals surface area contributed by atoms with Crippen LogP contribution in [0, 0.1) is 5.92 Å². The lowest BCUT2D eigenvalue weighted by Crippen LogP contribution is -2.19. The Balaban J connectivity index is 2.02. The molecule has 0 amide bonds. The molecule has 0 fully saturated rings. The van der Waals surface area contributed by atoms with Crippen molar-refractivity contribution in [3.63, 3.8) is 0 Å². The Labute approximate surface area is 109 Å². The van der Waals surface area contributed by atoms with Gasteiger partial charge in [0, 0.05) is 0 Å². The molecule has 2 nitrogen and oxygen atoms in total. The van der Waals surface area contributed by atoms with E-state index in [0.717, 1.165) is 24.7 Å². The van der Waals surface area contributed by atoms with Gasteiger partial charge in [-0.25, -0.2) is 0 Å². The van der Waals surface area contributed by atoms with E-state index in [1.54, 1.807) is 0 Å². The van der Waals surface area contributed by atoms with Crippen molar-refractivity contribution in [2.45, 2.75) is 26.2 Å². The molecule has 1 aromatic rings. The normalized spacial score (nSPS) is 19.2. The van der Waals surface area contributed by atoms with E-state index in [9.17, 15) is 4.79 Å². The van der Waals surface area contributed by atoms with Gasteiger partial charge in [-0.15, -0.1) is 0 Å². The number of rotatable bonds is 3. The predicted octanol–water partition coefficient (Wildman–Crippen LogP) is 2.23. The van der Waals surface area contributed by atoms with Gasteiger partial charge in [-0.2, -0.15) is 0 Å². The number of ether oxygens (including phenoxy) is 1. The van der Waals surface area contributed by atoms with Crippen molar-refractivity contribution < 1.29 is 9.53 Å². The molecule has 2 rings (SSSR count). The molecule has 3 heteroatoms. The van der Waals surface area contributed by atoms with E-state index in [-0.39, 0.29) is 11.9 Å². The largest absolute Gasteiger partial charge is 0.466 e. The lowest BCUT2D eigenvalue weighted by molar-refractivity contribution is -0.148. The van der Waals surface area contributed by atoms with Crippen molar-refractivity contribution in [2.75, 3.05) is 6.61 Å². The minimum atomic E-state index is -0.0647. The Hall–Kier alpha value is -1.51. The maximum absolute atomic E-state index is 11.6. The van der Waals surface area contributed by atoms with Crippen LogP contribution in [-0.4, -0.2) is 20.4 Å².